The van der Waals surface area contributed by atoms with E-state index in [-0.39, 0.29) is 34.7 Å². The number of nitrogens with zero attached hydrogens (tertiary/aromatic N) is 2. The number of nitro groups is 1. The van der Waals surface area contributed by atoms with Gasteiger partial charge in [-0.15, -0.1) is 0 Å². The molecule has 0 aliphatic carbocycles. The van der Waals surface area contributed by atoms with Crippen LogP contribution in [0.5, 0.6) is 11.5 Å². The number of ether oxygens (including phenoxy) is 7. The number of carbonyl (C=O) groups excluding carboxylic acids is 4. The maximum atomic E-state index is 13.7. The minimum absolute atomic E-state index is 0.113. The van der Waals surface area contributed by atoms with Gasteiger partial charge in [0.2, 0.25) is 18.1 Å². The molecular formula is C32H42N2O14. The van der Waals surface area contributed by atoms with Crippen molar-refractivity contribution in [3.05, 3.63) is 38.7 Å². The van der Waals surface area contributed by atoms with Gasteiger partial charge in [-0.05, 0) is 12.5 Å². The normalized spacial score (nSPS) is 20.4. The number of carbonyl (C=O) groups is 4. The van der Waals surface area contributed by atoms with Crippen molar-refractivity contribution >= 4 is 40.5 Å². The number of fused-ring (bicyclic) bond motifs is 1. The second-order valence-electron chi connectivity index (χ2n) is 11.3. The van der Waals surface area contributed by atoms with Crippen molar-refractivity contribution < 1.29 is 57.3 Å². The molecule has 1 saturated heterocycles. The number of hydrogen-bond donors (Lipinski definition) is 0. The summed E-state index contributed by atoms with van der Waals surface area (Å²) in [6.45, 7) is 6.14. The number of unbranched alkanes of at least 4 members (excludes halogenated alkanes) is 5. The highest BCUT2D eigenvalue weighted by Crippen LogP contribution is 2.38. The number of hydrogen-bond acceptors (Lipinski definition) is 14. The molecule has 0 radical (unpaired) electrons. The number of non-ortho nitro benzene ring substituents is 1. The fraction of sp³-hybridized carbons (Fsp3) is 0.594. The van der Waals surface area contributed by atoms with Crippen LogP contribution in [0.2, 0.25) is 0 Å². The van der Waals surface area contributed by atoms with E-state index < -0.39 is 71.7 Å². The Bertz CT molecular complexity index is 1550. The number of pyridine rings is 1. The van der Waals surface area contributed by atoms with Gasteiger partial charge in [0.15, 0.2) is 18.0 Å². The molecule has 5 atom stereocenters. The van der Waals surface area contributed by atoms with Gasteiger partial charge in [0, 0.05) is 52.3 Å². The van der Waals surface area contributed by atoms with Gasteiger partial charge in [0.1, 0.15) is 12.7 Å². The molecule has 16 heteroatoms. The number of nitro benzene ring substituents is 1. The van der Waals surface area contributed by atoms with Crippen LogP contribution in [-0.2, 0) is 49.9 Å². The van der Waals surface area contributed by atoms with Crippen molar-refractivity contribution in [2.24, 2.45) is 7.05 Å². The smallest absolute Gasteiger partial charge is 0.303 e. The molecule has 0 spiro atoms. The lowest BCUT2D eigenvalue weighted by Crippen LogP contribution is -2.63. The molecule has 1 aromatic carbocycles. The number of benzene rings is 1. The van der Waals surface area contributed by atoms with E-state index in [1.54, 1.807) is 0 Å². The van der Waals surface area contributed by atoms with Crippen LogP contribution in [0, 0.1) is 10.1 Å². The van der Waals surface area contributed by atoms with E-state index >= 15 is 0 Å². The zero-order valence-corrected chi connectivity index (χ0v) is 27.9. The van der Waals surface area contributed by atoms with Gasteiger partial charge in [-0.3, -0.25) is 34.1 Å². The Balaban J connectivity index is 2.17. The fourth-order valence-electron chi connectivity index (χ4n) is 5.28. The minimum atomic E-state index is -1.67. The highest BCUT2D eigenvalue weighted by Gasteiger charge is 2.53. The van der Waals surface area contributed by atoms with E-state index in [1.807, 2.05) is 0 Å². The van der Waals surface area contributed by atoms with Gasteiger partial charge in [-0.25, -0.2) is 0 Å². The SMILES string of the molecule is CCCCCCCCOc1c(O[C@@H]2O[C@H](COC(C)=O)[C@H](OC(C)=O)[C@H](OC(C)=O)[C@H]2OC(C)=O)c2ccc([N+](=O)[O-])cc2n(C)c1=O. The lowest BCUT2D eigenvalue weighted by atomic mass is 9.98. The van der Waals surface area contributed by atoms with Crippen LogP contribution in [0.4, 0.5) is 5.69 Å². The summed E-state index contributed by atoms with van der Waals surface area (Å²) < 4.78 is 41.0. The maximum Gasteiger partial charge on any atom is 0.303 e. The van der Waals surface area contributed by atoms with E-state index in [0.717, 1.165) is 59.8 Å². The fourth-order valence-corrected chi connectivity index (χ4v) is 5.28. The van der Waals surface area contributed by atoms with Crippen LogP contribution in [-0.4, -0.2) is 77.3 Å². The molecule has 0 N–H and O–H groups in total. The lowest BCUT2D eigenvalue weighted by Gasteiger charge is -2.44. The molecule has 0 unspecified atom stereocenters. The number of rotatable bonds is 16. The van der Waals surface area contributed by atoms with E-state index in [0.29, 0.717) is 6.42 Å². The zero-order valence-electron chi connectivity index (χ0n) is 27.9. The third kappa shape index (κ3) is 9.89. The Kier molecular flexibility index (Phi) is 13.7. The summed E-state index contributed by atoms with van der Waals surface area (Å²) in [5.41, 5.74) is -0.868. The highest BCUT2D eigenvalue weighted by molar-refractivity contribution is 5.89. The van der Waals surface area contributed by atoms with Crippen molar-refractivity contribution in [2.75, 3.05) is 13.2 Å². The second kappa shape index (κ2) is 17.4. The highest BCUT2D eigenvalue weighted by atomic mass is 16.7. The third-order valence-electron chi connectivity index (χ3n) is 7.43. The minimum Gasteiger partial charge on any atom is -0.485 e. The molecule has 1 fully saturated rings. The van der Waals surface area contributed by atoms with E-state index in [1.165, 1.54) is 29.8 Å². The molecule has 48 heavy (non-hydrogen) atoms. The molecule has 16 nitrogen and oxygen atoms in total. The van der Waals surface area contributed by atoms with Gasteiger partial charge >= 0.3 is 23.9 Å². The predicted molar refractivity (Wildman–Crippen MR) is 167 cm³/mol. The first kappa shape index (κ1) is 37.7. The van der Waals surface area contributed by atoms with Crippen molar-refractivity contribution in [1.82, 2.24) is 4.57 Å². The predicted octanol–water partition coefficient (Wildman–Crippen LogP) is 3.65. The maximum absolute atomic E-state index is 13.7. The lowest BCUT2D eigenvalue weighted by molar-refractivity contribution is -0.384. The Morgan fingerprint density at radius 1 is 0.854 bits per heavy atom. The summed E-state index contributed by atoms with van der Waals surface area (Å²) in [5.74, 6) is -3.64. The molecule has 3 rings (SSSR count). The Labute approximate surface area is 276 Å². The summed E-state index contributed by atoms with van der Waals surface area (Å²) in [5, 5.41) is 11.8. The molecule has 1 aliphatic rings. The first-order valence-electron chi connectivity index (χ1n) is 15.7. The zero-order chi connectivity index (χ0) is 35.5. The molecule has 264 valence electrons. The van der Waals surface area contributed by atoms with Crippen LogP contribution >= 0.6 is 0 Å². The molecule has 1 aromatic heterocycles. The molecule has 2 heterocycles. The number of aromatic nitrogens is 1. The number of esters is 4. The third-order valence-corrected chi connectivity index (χ3v) is 7.43. The average Bonchev–Trinajstić information content (AvgIpc) is 3.01. The topological polar surface area (TPSA) is 198 Å². The van der Waals surface area contributed by atoms with Gasteiger partial charge in [-0.1, -0.05) is 39.0 Å². The van der Waals surface area contributed by atoms with Crippen LogP contribution in [0.3, 0.4) is 0 Å². The van der Waals surface area contributed by atoms with Crippen LogP contribution in [0.15, 0.2) is 23.0 Å². The Morgan fingerprint density at radius 2 is 1.46 bits per heavy atom. The molecule has 0 bridgehead atoms. The van der Waals surface area contributed by atoms with Crippen molar-refractivity contribution in [3.63, 3.8) is 0 Å². The number of aryl methyl sites for hydroxylation is 1. The van der Waals surface area contributed by atoms with Crippen molar-refractivity contribution in [2.45, 2.75) is 104 Å². The van der Waals surface area contributed by atoms with Crippen molar-refractivity contribution in [3.8, 4) is 11.5 Å². The largest absolute Gasteiger partial charge is 0.485 e. The monoisotopic (exact) mass is 678 g/mol. The second-order valence-corrected chi connectivity index (χ2v) is 11.3. The standard InChI is InChI=1S/C32H42N2O14/c1-7-8-9-10-11-12-15-42-29-26(23-14-13-22(34(40)41)16-24(23)33(6)31(29)39)48-32-30(46-21(5)38)28(45-20(4)37)27(44-19(3)36)25(47-32)17-43-18(2)35/h13-14,16,25,27-28,30,32H,7-12,15,17H2,1-6H3/t25-,27+,28+,30-,32+/m1/s1. The van der Waals surface area contributed by atoms with Gasteiger partial charge in [0.05, 0.1) is 17.0 Å². The summed E-state index contributed by atoms with van der Waals surface area (Å²) in [4.78, 5) is 73.0. The molecule has 1 aliphatic heterocycles. The first-order chi connectivity index (χ1) is 22.7. The van der Waals surface area contributed by atoms with E-state index in [4.69, 9.17) is 33.2 Å². The Morgan fingerprint density at radius 3 is 2.06 bits per heavy atom. The summed E-state index contributed by atoms with van der Waals surface area (Å²) >= 11 is 0. The Hall–Kier alpha value is -4.73. The van der Waals surface area contributed by atoms with Crippen LogP contribution in [0.1, 0.15) is 73.1 Å². The van der Waals surface area contributed by atoms with Crippen LogP contribution < -0.4 is 15.0 Å². The van der Waals surface area contributed by atoms with Crippen molar-refractivity contribution in [1.29, 1.82) is 0 Å². The average molecular weight is 679 g/mol. The van der Waals surface area contributed by atoms with E-state index in [2.05, 4.69) is 6.92 Å². The summed E-state index contributed by atoms with van der Waals surface area (Å²) in [7, 11) is 1.42. The summed E-state index contributed by atoms with van der Waals surface area (Å²) in [6.07, 6.45) is -1.85. The molecule has 0 saturated carbocycles. The molecular weight excluding hydrogens is 636 g/mol. The van der Waals surface area contributed by atoms with Gasteiger partial charge in [0.25, 0.3) is 11.2 Å². The first-order valence-corrected chi connectivity index (χ1v) is 15.7. The van der Waals surface area contributed by atoms with Gasteiger partial charge in [-0.2, -0.15) is 0 Å². The molecule has 2 aromatic rings. The molecule has 0 amide bonds. The quantitative estimate of drug-likeness (QED) is 0.0819. The summed E-state index contributed by atoms with van der Waals surface area (Å²) in [6, 6.07) is 3.77. The van der Waals surface area contributed by atoms with E-state index in [9.17, 15) is 34.1 Å². The van der Waals surface area contributed by atoms with Gasteiger partial charge < -0.3 is 37.7 Å². The van der Waals surface area contributed by atoms with Crippen LogP contribution in [0.25, 0.3) is 10.9 Å².